The maximum Gasteiger partial charge on any atom is 0.252 e. The molecule has 1 heterocycles. The van der Waals surface area contributed by atoms with Crippen molar-refractivity contribution in [1.29, 1.82) is 0 Å². The van der Waals surface area contributed by atoms with Crippen molar-refractivity contribution in [3.63, 3.8) is 0 Å². The lowest BCUT2D eigenvalue weighted by atomic mass is 9.98. The Morgan fingerprint density at radius 1 is 1.16 bits per heavy atom. The van der Waals surface area contributed by atoms with Crippen LogP contribution in [0.25, 0.3) is 0 Å². The van der Waals surface area contributed by atoms with Crippen LogP contribution in [0.15, 0.2) is 12.1 Å². The molecule has 1 unspecified atom stereocenters. The second kappa shape index (κ2) is 6.20. The van der Waals surface area contributed by atoms with Gasteiger partial charge in [0, 0.05) is 11.6 Å². The molecule has 0 aliphatic carbocycles. The molecule has 0 bridgehead atoms. The average Bonchev–Trinajstić information content (AvgIpc) is 2.56. The zero-order valence-corrected chi connectivity index (χ0v) is 12.2. The third kappa shape index (κ3) is 3.57. The standard InChI is InChI=1S/C16H24N2O/c1-11-9-12(2)15(13(3)10-11)16(19)18-14-5-4-7-17-8-6-14/h9-10,14,17H,4-8H2,1-3H3,(H,18,19). The normalized spacial score (nSPS) is 19.8. The van der Waals surface area contributed by atoms with Crippen LogP contribution >= 0.6 is 0 Å². The first-order valence-corrected chi connectivity index (χ1v) is 7.17. The summed E-state index contributed by atoms with van der Waals surface area (Å²) in [6.07, 6.45) is 3.23. The fourth-order valence-electron chi connectivity index (χ4n) is 2.96. The number of amides is 1. The lowest BCUT2D eigenvalue weighted by Gasteiger charge is -2.18. The number of rotatable bonds is 2. The minimum atomic E-state index is 0.0851. The van der Waals surface area contributed by atoms with Gasteiger partial charge < -0.3 is 10.6 Å². The van der Waals surface area contributed by atoms with Gasteiger partial charge in [-0.2, -0.15) is 0 Å². The number of benzene rings is 1. The van der Waals surface area contributed by atoms with Crippen LogP contribution in [-0.4, -0.2) is 25.0 Å². The fourth-order valence-corrected chi connectivity index (χ4v) is 2.96. The molecule has 0 spiro atoms. The first-order valence-electron chi connectivity index (χ1n) is 7.17. The molecule has 0 radical (unpaired) electrons. The summed E-state index contributed by atoms with van der Waals surface area (Å²) in [7, 11) is 0. The zero-order valence-electron chi connectivity index (χ0n) is 12.2. The Balaban J connectivity index is 2.11. The summed E-state index contributed by atoms with van der Waals surface area (Å²) >= 11 is 0. The molecule has 1 saturated heterocycles. The van der Waals surface area contributed by atoms with Crippen molar-refractivity contribution in [1.82, 2.24) is 10.6 Å². The Labute approximate surface area is 115 Å². The van der Waals surface area contributed by atoms with Gasteiger partial charge in [0.15, 0.2) is 0 Å². The van der Waals surface area contributed by atoms with E-state index in [0.717, 1.165) is 49.0 Å². The van der Waals surface area contributed by atoms with Gasteiger partial charge in [-0.3, -0.25) is 4.79 Å². The molecule has 3 nitrogen and oxygen atoms in total. The van der Waals surface area contributed by atoms with Gasteiger partial charge in [0.1, 0.15) is 0 Å². The molecular weight excluding hydrogens is 236 g/mol. The van der Waals surface area contributed by atoms with Crippen LogP contribution in [-0.2, 0) is 0 Å². The van der Waals surface area contributed by atoms with E-state index in [-0.39, 0.29) is 5.91 Å². The highest BCUT2D eigenvalue weighted by molar-refractivity contribution is 5.97. The lowest BCUT2D eigenvalue weighted by molar-refractivity contribution is 0.0933. The Morgan fingerprint density at radius 2 is 1.84 bits per heavy atom. The molecule has 1 aliphatic heterocycles. The molecule has 0 saturated carbocycles. The second-order valence-corrected chi connectivity index (χ2v) is 5.63. The molecule has 1 aromatic rings. The first-order chi connectivity index (χ1) is 9.08. The fraction of sp³-hybridized carbons (Fsp3) is 0.562. The van der Waals surface area contributed by atoms with E-state index in [1.807, 2.05) is 13.8 Å². The maximum absolute atomic E-state index is 12.4. The van der Waals surface area contributed by atoms with Gasteiger partial charge in [-0.25, -0.2) is 0 Å². The molecular formula is C16H24N2O. The predicted octanol–water partition coefficient (Wildman–Crippen LogP) is 2.48. The number of hydrogen-bond donors (Lipinski definition) is 2. The van der Waals surface area contributed by atoms with E-state index < -0.39 is 0 Å². The predicted molar refractivity (Wildman–Crippen MR) is 78.6 cm³/mol. The Bertz CT molecular complexity index is 437. The van der Waals surface area contributed by atoms with Gasteiger partial charge in [0.05, 0.1) is 0 Å². The third-order valence-electron chi connectivity index (χ3n) is 3.82. The van der Waals surface area contributed by atoms with Crippen molar-refractivity contribution in [2.45, 2.75) is 46.1 Å². The van der Waals surface area contributed by atoms with E-state index in [2.05, 4.69) is 29.7 Å². The smallest absolute Gasteiger partial charge is 0.252 e. The van der Waals surface area contributed by atoms with Crippen LogP contribution in [0.1, 0.15) is 46.3 Å². The average molecular weight is 260 g/mol. The second-order valence-electron chi connectivity index (χ2n) is 5.63. The molecule has 0 aromatic heterocycles. The van der Waals surface area contributed by atoms with Crippen LogP contribution in [0.4, 0.5) is 0 Å². The summed E-state index contributed by atoms with van der Waals surface area (Å²) in [5.74, 6) is 0.0851. The Kier molecular flexibility index (Phi) is 4.59. The van der Waals surface area contributed by atoms with Crippen LogP contribution in [0, 0.1) is 20.8 Å². The number of carbonyl (C=O) groups is 1. The zero-order chi connectivity index (χ0) is 13.8. The summed E-state index contributed by atoms with van der Waals surface area (Å²) in [6, 6.07) is 4.47. The highest BCUT2D eigenvalue weighted by Gasteiger charge is 2.18. The van der Waals surface area contributed by atoms with E-state index in [0.29, 0.717) is 6.04 Å². The highest BCUT2D eigenvalue weighted by atomic mass is 16.1. The van der Waals surface area contributed by atoms with Gasteiger partial charge in [0.25, 0.3) is 5.91 Å². The van der Waals surface area contributed by atoms with Crippen molar-refractivity contribution < 1.29 is 4.79 Å². The van der Waals surface area contributed by atoms with Gasteiger partial charge >= 0.3 is 0 Å². The van der Waals surface area contributed by atoms with Crippen molar-refractivity contribution in [3.05, 3.63) is 34.4 Å². The molecule has 19 heavy (non-hydrogen) atoms. The first kappa shape index (κ1) is 14.1. The van der Waals surface area contributed by atoms with E-state index in [1.54, 1.807) is 0 Å². The monoisotopic (exact) mass is 260 g/mol. The lowest BCUT2D eigenvalue weighted by Crippen LogP contribution is -2.36. The van der Waals surface area contributed by atoms with E-state index >= 15 is 0 Å². The van der Waals surface area contributed by atoms with Crippen LogP contribution in [0.2, 0.25) is 0 Å². The summed E-state index contributed by atoms with van der Waals surface area (Å²) in [5.41, 5.74) is 4.21. The van der Waals surface area contributed by atoms with Gasteiger partial charge in [-0.15, -0.1) is 0 Å². The Hall–Kier alpha value is -1.35. The minimum Gasteiger partial charge on any atom is -0.349 e. The van der Waals surface area contributed by atoms with Gasteiger partial charge in [-0.05, 0) is 64.3 Å². The largest absolute Gasteiger partial charge is 0.349 e. The molecule has 1 aromatic carbocycles. The number of aryl methyl sites for hydroxylation is 3. The molecule has 1 amide bonds. The molecule has 1 aliphatic rings. The van der Waals surface area contributed by atoms with Crippen LogP contribution in [0.3, 0.4) is 0 Å². The molecule has 1 atom stereocenters. The van der Waals surface area contributed by atoms with E-state index in [9.17, 15) is 4.79 Å². The van der Waals surface area contributed by atoms with Crippen LogP contribution < -0.4 is 10.6 Å². The quantitative estimate of drug-likeness (QED) is 0.857. The van der Waals surface area contributed by atoms with Gasteiger partial charge in [0.2, 0.25) is 0 Å². The van der Waals surface area contributed by atoms with Crippen molar-refractivity contribution in [2.75, 3.05) is 13.1 Å². The summed E-state index contributed by atoms with van der Waals surface area (Å²) < 4.78 is 0. The topological polar surface area (TPSA) is 41.1 Å². The van der Waals surface area contributed by atoms with Crippen molar-refractivity contribution in [3.8, 4) is 0 Å². The molecule has 2 N–H and O–H groups in total. The highest BCUT2D eigenvalue weighted by Crippen LogP contribution is 2.17. The maximum atomic E-state index is 12.4. The summed E-state index contributed by atoms with van der Waals surface area (Å²) in [4.78, 5) is 12.4. The minimum absolute atomic E-state index is 0.0851. The molecule has 1 fully saturated rings. The third-order valence-corrected chi connectivity index (χ3v) is 3.82. The Morgan fingerprint density at radius 3 is 2.53 bits per heavy atom. The molecule has 104 valence electrons. The van der Waals surface area contributed by atoms with E-state index in [4.69, 9.17) is 0 Å². The van der Waals surface area contributed by atoms with Crippen LogP contribution in [0.5, 0.6) is 0 Å². The van der Waals surface area contributed by atoms with E-state index in [1.165, 1.54) is 5.56 Å². The summed E-state index contributed by atoms with van der Waals surface area (Å²) in [6.45, 7) is 8.16. The van der Waals surface area contributed by atoms with Crippen molar-refractivity contribution in [2.24, 2.45) is 0 Å². The number of hydrogen-bond acceptors (Lipinski definition) is 2. The van der Waals surface area contributed by atoms with Crippen molar-refractivity contribution >= 4 is 5.91 Å². The molecule has 2 rings (SSSR count). The number of nitrogens with one attached hydrogen (secondary N) is 2. The van der Waals surface area contributed by atoms with Gasteiger partial charge in [-0.1, -0.05) is 17.7 Å². The summed E-state index contributed by atoms with van der Waals surface area (Å²) in [5, 5.41) is 6.57. The molecule has 3 heteroatoms. The SMILES string of the molecule is Cc1cc(C)c(C(=O)NC2CCCNCC2)c(C)c1. The number of carbonyl (C=O) groups excluding carboxylic acids is 1.